The number of nitrogens with zero attached hydrogens (tertiary/aromatic N) is 2. The summed E-state index contributed by atoms with van der Waals surface area (Å²) in [6.07, 6.45) is 6.68. The van der Waals surface area contributed by atoms with Crippen LogP contribution < -0.4 is 0 Å². The number of amides is 1. The van der Waals surface area contributed by atoms with Gasteiger partial charge in [0.25, 0.3) is 0 Å². The van der Waals surface area contributed by atoms with Crippen molar-refractivity contribution in [1.82, 2.24) is 10.1 Å². The zero-order valence-corrected chi connectivity index (χ0v) is 13.6. The number of aromatic nitrogens is 1. The molecule has 0 aromatic carbocycles. The summed E-state index contributed by atoms with van der Waals surface area (Å²) in [7, 11) is 0. The maximum atomic E-state index is 13.2. The Kier molecular flexibility index (Phi) is 3.32. The van der Waals surface area contributed by atoms with Crippen molar-refractivity contribution in [1.29, 1.82) is 0 Å². The second-order valence-electron chi connectivity index (χ2n) is 6.98. The third-order valence-electron chi connectivity index (χ3n) is 5.35. The SMILES string of the molecule is CC1CCCC(C)N1C(=O)C1(c2cc(-c3ccco3)on2)CC1. The molecule has 23 heavy (non-hydrogen) atoms. The van der Waals surface area contributed by atoms with Crippen molar-refractivity contribution < 1.29 is 13.7 Å². The van der Waals surface area contributed by atoms with Crippen molar-refractivity contribution in [2.24, 2.45) is 0 Å². The van der Waals surface area contributed by atoms with Gasteiger partial charge < -0.3 is 13.8 Å². The highest BCUT2D eigenvalue weighted by Crippen LogP contribution is 2.50. The molecule has 5 nitrogen and oxygen atoms in total. The molecule has 0 spiro atoms. The third kappa shape index (κ3) is 2.30. The molecular weight excluding hydrogens is 292 g/mol. The van der Waals surface area contributed by atoms with Crippen LogP contribution in [0.15, 0.2) is 33.4 Å². The molecule has 2 aromatic heterocycles. The summed E-state index contributed by atoms with van der Waals surface area (Å²) in [6, 6.07) is 6.12. The number of hydrogen-bond donors (Lipinski definition) is 0. The van der Waals surface area contributed by atoms with Gasteiger partial charge in [0.1, 0.15) is 0 Å². The van der Waals surface area contributed by atoms with Crippen LogP contribution in [0.2, 0.25) is 0 Å². The van der Waals surface area contributed by atoms with Gasteiger partial charge in [0.15, 0.2) is 5.76 Å². The first-order valence-electron chi connectivity index (χ1n) is 8.46. The molecule has 2 aromatic rings. The lowest BCUT2D eigenvalue weighted by atomic mass is 9.92. The lowest BCUT2D eigenvalue weighted by Gasteiger charge is -2.40. The van der Waals surface area contributed by atoms with E-state index in [0.717, 1.165) is 31.4 Å². The number of likely N-dealkylation sites (tertiary alicyclic amines) is 1. The summed E-state index contributed by atoms with van der Waals surface area (Å²) in [6.45, 7) is 4.31. The first-order chi connectivity index (χ1) is 11.1. The second kappa shape index (κ2) is 5.25. The number of carbonyl (C=O) groups is 1. The van der Waals surface area contributed by atoms with Crippen molar-refractivity contribution in [2.75, 3.05) is 0 Å². The highest BCUT2D eigenvalue weighted by molar-refractivity contribution is 5.91. The zero-order chi connectivity index (χ0) is 16.0. The Bertz CT molecular complexity index is 690. The zero-order valence-electron chi connectivity index (χ0n) is 13.6. The molecule has 1 amide bonds. The standard InChI is InChI=1S/C18H22N2O3/c1-12-5-3-6-13(2)20(12)17(21)18(8-9-18)16-11-15(23-19-16)14-7-4-10-22-14/h4,7,10-13H,3,5-6,8-9H2,1-2H3. The number of furan rings is 1. The topological polar surface area (TPSA) is 59.5 Å². The Morgan fingerprint density at radius 3 is 2.61 bits per heavy atom. The second-order valence-corrected chi connectivity index (χ2v) is 6.98. The van der Waals surface area contributed by atoms with Gasteiger partial charge in [-0.2, -0.15) is 0 Å². The van der Waals surface area contributed by atoms with E-state index in [1.807, 2.05) is 18.2 Å². The molecule has 2 fully saturated rings. The van der Waals surface area contributed by atoms with Gasteiger partial charge in [-0.15, -0.1) is 0 Å². The van der Waals surface area contributed by atoms with Crippen LogP contribution in [0.5, 0.6) is 0 Å². The normalized spacial score (nSPS) is 26.3. The fraction of sp³-hybridized carbons (Fsp3) is 0.556. The Labute approximate surface area is 135 Å². The Morgan fingerprint density at radius 2 is 2.00 bits per heavy atom. The van der Waals surface area contributed by atoms with E-state index < -0.39 is 5.41 Å². The Morgan fingerprint density at radius 1 is 1.26 bits per heavy atom. The number of carbonyl (C=O) groups excluding carboxylic acids is 1. The van der Waals surface area contributed by atoms with Gasteiger partial charge in [-0.25, -0.2) is 0 Å². The Balaban J connectivity index is 1.62. The average molecular weight is 314 g/mol. The molecule has 2 atom stereocenters. The van der Waals surface area contributed by atoms with E-state index in [9.17, 15) is 4.79 Å². The molecule has 0 bridgehead atoms. The van der Waals surface area contributed by atoms with E-state index in [4.69, 9.17) is 8.94 Å². The molecule has 0 radical (unpaired) electrons. The maximum absolute atomic E-state index is 13.2. The molecule has 122 valence electrons. The van der Waals surface area contributed by atoms with E-state index >= 15 is 0 Å². The quantitative estimate of drug-likeness (QED) is 0.865. The van der Waals surface area contributed by atoms with E-state index in [0.29, 0.717) is 23.6 Å². The van der Waals surface area contributed by atoms with Crippen LogP contribution in [0.3, 0.4) is 0 Å². The summed E-state index contributed by atoms with van der Waals surface area (Å²) in [5, 5.41) is 4.19. The van der Waals surface area contributed by atoms with Gasteiger partial charge in [-0.05, 0) is 58.1 Å². The minimum Gasteiger partial charge on any atom is -0.461 e. The predicted octanol–water partition coefficient (Wildman–Crippen LogP) is 3.76. The summed E-state index contributed by atoms with van der Waals surface area (Å²) in [4.78, 5) is 15.3. The summed E-state index contributed by atoms with van der Waals surface area (Å²) < 4.78 is 10.8. The minimum absolute atomic E-state index is 0.219. The van der Waals surface area contributed by atoms with Crippen LogP contribution in [0.25, 0.3) is 11.5 Å². The molecule has 5 heteroatoms. The molecule has 3 heterocycles. The monoisotopic (exact) mass is 314 g/mol. The van der Waals surface area contributed by atoms with Gasteiger partial charge >= 0.3 is 0 Å². The van der Waals surface area contributed by atoms with E-state index in [2.05, 4.69) is 23.9 Å². The van der Waals surface area contributed by atoms with Gasteiger partial charge in [-0.3, -0.25) is 4.79 Å². The van der Waals surface area contributed by atoms with Gasteiger partial charge in [-0.1, -0.05) is 5.16 Å². The van der Waals surface area contributed by atoms with E-state index in [-0.39, 0.29) is 5.91 Å². The van der Waals surface area contributed by atoms with Crippen molar-refractivity contribution >= 4 is 5.91 Å². The van der Waals surface area contributed by atoms with Crippen molar-refractivity contribution in [3.05, 3.63) is 30.2 Å². The fourth-order valence-corrected chi connectivity index (χ4v) is 3.81. The number of rotatable bonds is 3. The molecule has 1 saturated carbocycles. The first kappa shape index (κ1) is 14.5. The van der Waals surface area contributed by atoms with Crippen LogP contribution in [-0.4, -0.2) is 28.0 Å². The molecule has 1 aliphatic heterocycles. The average Bonchev–Trinajstić information content (AvgIpc) is 2.97. The van der Waals surface area contributed by atoms with Crippen LogP contribution in [0.4, 0.5) is 0 Å². The molecule has 1 saturated heterocycles. The van der Waals surface area contributed by atoms with Crippen LogP contribution >= 0.6 is 0 Å². The third-order valence-corrected chi connectivity index (χ3v) is 5.35. The highest BCUT2D eigenvalue weighted by Gasteiger charge is 2.56. The van der Waals surface area contributed by atoms with Gasteiger partial charge in [0, 0.05) is 18.2 Å². The summed E-state index contributed by atoms with van der Waals surface area (Å²) in [5.74, 6) is 1.45. The summed E-state index contributed by atoms with van der Waals surface area (Å²) >= 11 is 0. The van der Waals surface area contributed by atoms with Crippen molar-refractivity contribution in [3.8, 4) is 11.5 Å². The predicted molar refractivity (Wildman–Crippen MR) is 84.7 cm³/mol. The molecule has 1 aliphatic carbocycles. The lowest BCUT2D eigenvalue weighted by molar-refractivity contribution is -0.140. The molecule has 2 aliphatic rings. The van der Waals surface area contributed by atoms with Crippen molar-refractivity contribution in [3.63, 3.8) is 0 Å². The Hall–Kier alpha value is -2.04. The minimum atomic E-state index is -0.478. The molecule has 2 unspecified atom stereocenters. The highest BCUT2D eigenvalue weighted by atomic mass is 16.5. The van der Waals surface area contributed by atoms with E-state index in [1.54, 1.807) is 6.26 Å². The number of piperidine rings is 1. The fourth-order valence-electron chi connectivity index (χ4n) is 3.81. The van der Waals surface area contributed by atoms with Gasteiger partial charge in [0.05, 0.1) is 17.4 Å². The van der Waals surface area contributed by atoms with E-state index in [1.165, 1.54) is 6.42 Å². The summed E-state index contributed by atoms with van der Waals surface area (Å²) in [5.41, 5.74) is 0.271. The van der Waals surface area contributed by atoms with Gasteiger partial charge in [0.2, 0.25) is 11.7 Å². The number of hydrogen-bond acceptors (Lipinski definition) is 4. The maximum Gasteiger partial charge on any atom is 0.235 e. The molecular formula is C18H22N2O3. The van der Waals surface area contributed by atoms with Crippen LogP contribution in [-0.2, 0) is 10.2 Å². The molecule has 0 N–H and O–H groups in total. The molecule has 4 rings (SSSR count). The van der Waals surface area contributed by atoms with Crippen LogP contribution in [0, 0.1) is 0 Å². The van der Waals surface area contributed by atoms with Crippen LogP contribution in [0.1, 0.15) is 51.6 Å². The smallest absolute Gasteiger partial charge is 0.235 e. The lowest BCUT2D eigenvalue weighted by Crippen LogP contribution is -2.51. The first-order valence-corrected chi connectivity index (χ1v) is 8.46. The largest absolute Gasteiger partial charge is 0.461 e. The van der Waals surface area contributed by atoms with Crippen molar-refractivity contribution in [2.45, 2.75) is 63.5 Å².